The summed E-state index contributed by atoms with van der Waals surface area (Å²) in [6.45, 7) is 3.59. The minimum atomic E-state index is -0.755. The van der Waals surface area contributed by atoms with E-state index in [0.29, 0.717) is 17.0 Å². The van der Waals surface area contributed by atoms with Crippen LogP contribution in [0.5, 0.6) is 5.75 Å². The summed E-state index contributed by atoms with van der Waals surface area (Å²) in [5, 5.41) is 20.5. The molecular weight excluding hydrogens is 514 g/mol. The van der Waals surface area contributed by atoms with Gasteiger partial charge < -0.3 is 27.2 Å². The smallest absolute Gasteiger partial charge is 0.282 e. The Hall–Kier alpha value is -5.72. The van der Waals surface area contributed by atoms with Gasteiger partial charge in [-0.2, -0.15) is 5.10 Å². The standard InChI is InChI=1S/C27H25N9O4/c1-14-10-11-35-21(14)27(40)36(17-6-4-3-5-7-17)25(34-35)15(2)32-24-20(22(28)30-13-31-24)26(39)33-18-12-16(23(29)38)8-9-19(18)37/h3-13,15,37H,1-2H3,(H2,29,38)(H,33,39)(H3,28,30,31,32). The summed E-state index contributed by atoms with van der Waals surface area (Å²) in [6.07, 6.45) is 2.88. The van der Waals surface area contributed by atoms with Crippen LogP contribution < -0.4 is 27.7 Å². The van der Waals surface area contributed by atoms with Crippen LogP contribution in [0.15, 0.2) is 71.9 Å². The minimum Gasteiger partial charge on any atom is -0.506 e. The van der Waals surface area contributed by atoms with Gasteiger partial charge in [0.15, 0.2) is 5.82 Å². The molecule has 7 N–H and O–H groups in total. The van der Waals surface area contributed by atoms with E-state index < -0.39 is 17.9 Å². The summed E-state index contributed by atoms with van der Waals surface area (Å²) >= 11 is 0. The molecule has 2 amide bonds. The molecule has 202 valence electrons. The van der Waals surface area contributed by atoms with Crippen molar-refractivity contribution >= 4 is 34.7 Å². The highest BCUT2D eigenvalue weighted by atomic mass is 16.3. The van der Waals surface area contributed by atoms with E-state index in [9.17, 15) is 19.5 Å². The van der Waals surface area contributed by atoms with Crippen molar-refractivity contribution in [3.63, 3.8) is 0 Å². The fraction of sp³-hybridized carbons (Fsp3) is 0.111. The summed E-state index contributed by atoms with van der Waals surface area (Å²) < 4.78 is 3.01. The normalized spacial score (nSPS) is 11.8. The van der Waals surface area contributed by atoms with Gasteiger partial charge in [-0.25, -0.2) is 14.5 Å². The number of aromatic hydroxyl groups is 1. The lowest BCUT2D eigenvalue weighted by Crippen LogP contribution is -2.30. The zero-order chi connectivity index (χ0) is 28.6. The first kappa shape index (κ1) is 25.9. The lowest BCUT2D eigenvalue weighted by Gasteiger charge is -2.21. The van der Waals surface area contributed by atoms with E-state index in [-0.39, 0.29) is 39.8 Å². The van der Waals surface area contributed by atoms with Crippen LogP contribution in [-0.4, -0.2) is 41.1 Å². The predicted molar refractivity (Wildman–Crippen MR) is 149 cm³/mol. The van der Waals surface area contributed by atoms with Crippen LogP contribution in [0.4, 0.5) is 17.3 Å². The van der Waals surface area contributed by atoms with Crippen molar-refractivity contribution in [1.29, 1.82) is 0 Å². The van der Waals surface area contributed by atoms with Gasteiger partial charge in [0.2, 0.25) is 5.91 Å². The van der Waals surface area contributed by atoms with Crippen LogP contribution in [0.1, 0.15) is 45.1 Å². The number of nitrogen functional groups attached to an aromatic ring is 1. The number of phenols is 1. The summed E-state index contributed by atoms with van der Waals surface area (Å²) in [5.74, 6) is -1.52. The molecule has 0 bridgehead atoms. The Morgan fingerprint density at radius 3 is 2.55 bits per heavy atom. The third-order valence-electron chi connectivity index (χ3n) is 6.30. The number of aryl methyl sites for hydroxylation is 1. The number of nitrogens with one attached hydrogen (secondary N) is 2. The Balaban J connectivity index is 1.55. The van der Waals surface area contributed by atoms with Crippen molar-refractivity contribution in [2.24, 2.45) is 5.73 Å². The van der Waals surface area contributed by atoms with Gasteiger partial charge >= 0.3 is 0 Å². The van der Waals surface area contributed by atoms with Crippen molar-refractivity contribution < 1.29 is 14.7 Å². The highest BCUT2D eigenvalue weighted by molar-refractivity contribution is 6.11. The van der Waals surface area contributed by atoms with Gasteiger partial charge in [0, 0.05) is 11.8 Å². The molecule has 40 heavy (non-hydrogen) atoms. The molecule has 0 spiro atoms. The maximum Gasteiger partial charge on any atom is 0.282 e. The van der Waals surface area contributed by atoms with Gasteiger partial charge in [-0.3, -0.25) is 19.0 Å². The van der Waals surface area contributed by atoms with Crippen molar-refractivity contribution in [3.8, 4) is 11.4 Å². The molecule has 0 saturated heterocycles. The Morgan fingerprint density at radius 2 is 1.82 bits per heavy atom. The number of nitrogens with zero attached hydrogens (tertiary/aromatic N) is 5. The third-order valence-corrected chi connectivity index (χ3v) is 6.30. The molecule has 0 aliphatic heterocycles. The molecule has 13 heteroatoms. The van der Waals surface area contributed by atoms with E-state index in [1.165, 1.54) is 33.6 Å². The number of para-hydroxylation sites is 1. The second kappa shape index (κ2) is 10.2. The minimum absolute atomic E-state index is 0.0562. The fourth-order valence-electron chi connectivity index (χ4n) is 4.31. The molecule has 13 nitrogen and oxygen atoms in total. The molecule has 0 saturated carbocycles. The van der Waals surface area contributed by atoms with Crippen LogP contribution in [0.3, 0.4) is 0 Å². The lowest BCUT2D eigenvalue weighted by molar-refractivity contribution is 0.0996. The molecule has 5 aromatic rings. The fourth-order valence-corrected chi connectivity index (χ4v) is 4.31. The van der Waals surface area contributed by atoms with E-state index in [4.69, 9.17) is 16.6 Å². The van der Waals surface area contributed by atoms with Crippen LogP contribution in [-0.2, 0) is 0 Å². The Morgan fingerprint density at radius 1 is 1.07 bits per heavy atom. The molecule has 5 rings (SSSR count). The first-order valence-corrected chi connectivity index (χ1v) is 12.1. The molecule has 3 aromatic heterocycles. The average molecular weight is 540 g/mol. The second-order valence-corrected chi connectivity index (χ2v) is 9.03. The number of nitrogens with two attached hydrogens (primary N) is 2. The molecule has 0 fully saturated rings. The Bertz CT molecular complexity index is 1830. The molecule has 0 aliphatic rings. The van der Waals surface area contributed by atoms with E-state index in [0.717, 1.165) is 5.56 Å². The van der Waals surface area contributed by atoms with Crippen LogP contribution in [0.2, 0.25) is 0 Å². The van der Waals surface area contributed by atoms with Gasteiger partial charge in [-0.1, -0.05) is 18.2 Å². The SMILES string of the molecule is Cc1ccn2nc(C(C)Nc3ncnc(N)c3C(=O)Nc3cc(C(N)=O)ccc3O)n(-c3ccccc3)c(=O)c12. The van der Waals surface area contributed by atoms with Crippen molar-refractivity contribution in [1.82, 2.24) is 24.1 Å². The highest BCUT2D eigenvalue weighted by Crippen LogP contribution is 2.28. The quantitative estimate of drug-likeness (QED) is 0.193. The maximum atomic E-state index is 13.6. The van der Waals surface area contributed by atoms with Gasteiger partial charge in [0.1, 0.15) is 34.8 Å². The summed E-state index contributed by atoms with van der Waals surface area (Å²) in [4.78, 5) is 46.7. The molecule has 0 radical (unpaired) electrons. The second-order valence-electron chi connectivity index (χ2n) is 9.03. The van der Waals surface area contributed by atoms with Gasteiger partial charge in [-0.15, -0.1) is 0 Å². The number of primary amides is 1. The molecule has 2 aromatic carbocycles. The summed E-state index contributed by atoms with van der Waals surface area (Å²) in [6, 6.07) is 14.0. The van der Waals surface area contributed by atoms with Gasteiger partial charge in [-0.05, 0) is 55.8 Å². The van der Waals surface area contributed by atoms with Crippen LogP contribution in [0.25, 0.3) is 11.2 Å². The number of benzene rings is 2. The number of hydrogen-bond acceptors (Lipinski definition) is 9. The largest absolute Gasteiger partial charge is 0.506 e. The Kier molecular flexibility index (Phi) is 6.61. The number of amides is 2. The monoisotopic (exact) mass is 539 g/mol. The first-order chi connectivity index (χ1) is 19.2. The Labute approximate surface area is 227 Å². The van der Waals surface area contributed by atoms with Crippen LogP contribution in [0, 0.1) is 6.92 Å². The third kappa shape index (κ3) is 4.67. The molecule has 1 atom stereocenters. The molecular formula is C27H25N9O4. The number of carbonyl (C=O) groups excluding carboxylic acids is 2. The molecule has 1 unspecified atom stereocenters. The molecule has 3 heterocycles. The van der Waals surface area contributed by atoms with Crippen molar-refractivity contribution in [2.45, 2.75) is 19.9 Å². The van der Waals surface area contributed by atoms with Crippen molar-refractivity contribution in [3.05, 3.63) is 100.0 Å². The maximum absolute atomic E-state index is 13.6. The number of rotatable bonds is 7. The zero-order valence-corrected chi connectivity index (χ0v) is 21.5. The number of phenolic OH excluding ortho intramolecular Hbond substituents is 1. The number of anilines is 3. The van der Waals surface area contributed by atoms with E-state index in [2.05, 4.69) is 20.6 Å². The number of aromatic nitrogens is 5. The predicted octanol–water partition coefficient (Wildman–Crippen LogP) is 2.40. The van der Waals surface area contributed by atoms with Crippen molar-refractivity contribution in [2.75, 3.05) is 16.4 Å². The van der Waals surface area contributed by atoms with E-state index in [1.807, 2.05) is 25.1 Å². The number of carbonyl (C=O) groups is 2. The average Bonchev–Trinajstić information content (AvgIpc) is 3.30. The first-order valence-electron chi connectivity index (χ1n) is 12.1. The summed E-state index contributed by atoms with van der Waals surface area (Å²) in [7, 11) is 0. The zero-order valence-electron chi connectivity index (χ0n) is 21.5. The highest BCUT2D eigenvalue weighted by Gasteiger charge is 2.24. The number of fused-ring (bicyclic) bond motifs is 1. The van der Waals surface area contributed by atoms with E-state index in [1.54, 1.807) is 31.3 Å². The van der Waals surface area contributed by atoms with Gasteiger partial charge in [0.25, 0.3) is 11.5 Å². The van der Waals surface area contributed by atoms with E-state index >= 15 is 0 Å². The van der Waals surface area contributed by atoms with Crippen LogP contribution >= 0.6 is 0 Å². The number of hydrogen-bond donors (Lipinski definition) is 5. The molecule has 0 aliphatic carbocycles. The topological polar surface area (TPSA) is 196 Å². The van der Waals surface area contributed by atoms with Gasteiger partial charge in [0.05, 0.1) is 17.4 Å². The summed E-state index contributed by atoms with van der Waals surface area (Å²) in [5.41, 5.74) is 12.8. The lowest BCUT2D eigenvalue weighted by atomic mass is 10.1.